The van der Waals surface area contributed by atoms with E-state index in [1.165, 1.54) is 11.1 Å². The van der Waals surface area contributed by atoms with Crippen LogP contribution in [0.4, 0.5) is 5.69 Å². The zero-order chi connectivity index (χ0) is 14.1. The van der Waals surface area contributed by atoms with Crippen LogP contribution in [0.2, 0.25) is 0 Å². The third-order valence-corrected chi connectivity index (χ3v) is 4.10. The van der Waals surface area contributed by atoms with Crippen molar-refractivity contribution in [3.05, 3.63) is 53.6 Å². The summed E-state index contributed by atoms with van der Waals surface area (Å²) in [7, 11) is 3.80. The number of methoxy groups -OCH3 is 1. The summed E-state index contributed by atoms with van der Waals surface area (Å²) in [5.74, 6) is 1.23. The molecule has 0 spiro atoms. The van der Waals surface area contributed by atoms with E-state index in [1.54, 1.807) is 13.2 Å². The van der Waals surface area contributed by atoms with Crippen molar-refractivity contribution in [3.63, 3.8) is 0 Å². The molecule has 1 N–H and O–H groups in total. The molecule has 2 aromatic rings. The first-order valence-corrected chi connectivity index (χ1v) is 6.87. The Morgan fingerprint density at radius 3 is 2.85 bits per heavy atom. The highest BCUT2D eigenvalue weighted by Gasteiger charge is 2.26. The van der Waals surface area contributed by atoms with Gasteiger partial charge in [-0.2, -0.15) is 0 Å². The summed E-state index contributed by atoms with van der Waals surface area (Å²) < 4.78 is 5.29. The van der Waals surface area contributed by atoms with Gasteiger partial charge in [0, 0.05) is 18.8 Å². The number of aromatic hydroxyl groups is 1. The van der Waals surface area contributed by atoms with Crippen LogP contribution in [-0.2, 0) is 6.42 Å². The second kappa shape index (κ2) is 5.08. The zero-order valence-electron chi connectivity index (χ0n) is 11.8. The highest BCUT2D eigenvalue weighted by atomic mass is 16.5. The Labute approximate surface area is 119 Å². The largest absolute Gasteiger partial charge is 0.508 e. The number of rotatable bonds is 3. The fraction of sp³-hybridized carbons (Fsp3) is 0.294. The Kier molecular flexibility index (Phi) is 3.26. The lowest BCUT2D eigenvalue weighted by atomic mass is 10.1. The molecule has 0 fully saturated rings. The number of phenols is 1. The quantitative estimate of drug-likeness (QED) is 0.925. The Hall–Kier alpha value is -2.16. The van der Waals surface area contributed by atoms with Crippen LogP contribution in [0.3, 0.4) is 0 Å². The highest BCUT2D eigenvalue weighted by Crippen LogP contribution is 2.39. The number of anilines is 1. The van der Waals surface area contributed by atoms with E-state index in [-0.39, 0.29) is 0 Å². The summed E-state index contributed by atoms with van der Waals surface area (Å²) in [6, 6.07) is 14.2. The first-order valence-electron chi connectivity index (χ1n) is 6.87. The molecule has 0 aliphatic heterocycles. The molecule has 3 rings (SSSR count). The van der Waals surface area contributed by atoms with Crippen molar-refractivity contribution in [2.45, 2.75) is 18.9 Å². The van der Waals surface area contributed by atoms with Crippen molar-refractivity contribution in [2.24, 2.45) is 0 Å². The third-order valence-electron chi connectivity index (χ3n) is 4.10. The van der Waals surface area contributed by atoms with E-state index in [0.29, 0.717) is 11.8 Å². The molecule has 3 nitrogen and oxygen atoms in total. The molecule has 104 valence electrons. The minimum Gasteiger partial charge on any atom is -0.508 e. The molecule has 0 bridgehead atoms. The Morgan fingerprint density at radius 1 is 1.20 bits per heavy atom. The Bertz CT molecular complexity index is 624. The van der Waals surface area contributed by atoms with Gasteiger partial charge in [-0.25, -0.2) is 0 Å². The Morgan fingerprint density at radius 2 is 2.05 bits per heavy atom. The van der Waals surface area contributed by atoms with Gasteiger partial charge >= 0.3 is 0 Å². The fourth-order valence-corrected chi connectivity index (χ4v) is 2.99. The second-order valence-corrected chi connectivity index (χ2v) is 5.25. The van der Waals surface area contributed by atoms with E-state index in [2.05, 4.69) is 24.1 Å². The lowest BCUT2D eigenvalue weighted by molar-refractivity contribution is 0.414. The number of hydrogen-bond acceptors (Lipinski definition) is 3. The van der Waals surface area contributed by atoms with Gasteiger partial charge in [-0.05, 0) is 48.2 Å². The van der Waals surface area contributed by atoms with E-state index in [1.807, 2.05) is 24.3 Å². The molecule has 0 saturated heterocycles. The Balaban J connectivity index is 1.91. The average Bonchev–Trinajstić information content (AvgIpc) is 2.89. The van der Waals surface area contributed by atoms with E-state index >= 15 is 0 Å². The number of ether oxygens (including phenoxy) is 1. The molecule has 1 atom stereocenters. The van der Waals surface area contributed by atoms with Gasteiger partial charge in [-0.1, -0.05) is 12.1 Å². The van der Waals surface area contributed by atoms with Crippen molar-refractivity contribution in [2.75, 3.05) is 19.1 Å². The van der Waals surface area contributed by atoms with E-state index < -0.39 is 0 Å². The monoisotopic (exact) mass is 269 g/mol. The van der Waals surface area contributed by atoms with E-state index in [9.17, 15) is 5.11 Å². The van der Waals surface area contributed by atoms with Gasteiger partial charge in [0.25, 0.3) is 0 Å². The predicted octanol–water partition coefficient (Wildman–Crippen LogP) is 3.52. The van der Waals surface area contributed by atoms with Gasteiger partial charge in [-0.15, -0.1) is 0 Å². The smallest absolute Gasteiger partial charge is 0.120 e. The molecular weight excluding hydrogens is 250 g/mol. The minimum absolute atomic E-state index is 0.355. The van der Waals surface area contributed by atoms with Crippen molar-refractivity contribution in [3.8, 4) is 11.5 Å². The second-order valence-electron chi connectivity index (χ2n) is 5.25. The van der Waals surface area contributed by atoms with Gasteiger partial charge in [0.15, 0.2) is 0 Å². The van der Waals surface area contributed by atoms with E-state index in [0.717, 1.165) is 24.3 Å². The van der Waals surface area contributed by atoms with Gasteiger partial charge in [-0.3, -0.25) is 0 Å². The normalized spacial score (nSPS) is 16.8. The molecule has 0 aromatic heterocycles. The number of nitrogens with zero attached hydrogens (tertiary/aromatic N) is 1. The highest BCUT2D eigenvalue weighted by molar-refractivity contribution is 5.54. The van der Waals surface area contributed by atoms with Crippen LogP contribution in [-0.4, -0.2) is 19.3 Å². The first-order chi connectivity index (χ1) is 9.69. The number of benzene rings is 2. The predicted molar refractivity (Wildman–Crippen MR) is 80.6 cm³/mol. The van der Waals surface area contributed by atoms with E-state index in [4.69, 9.17) is 4.74 Å². The molecule has 0 heterocycles. The maximum absolute atomic E-state index is 9.58. The maximum Gasteiger partial charge on any atom is 0.120 e. The van der Waals surface area contributed by atoms with Gasteiger partial charge in [0.1, 0.15) is 11.5 Å². The number of fused-ring (bicyclic) bond motifs is 1. The van der Waals surface area contributed by atoms with Crippen LogP contribution < -0.4 is 9.64 Å². The first kappa shape index (κ1) is 12.9. The molecule has 0 amide bonds. The van der Waals surface area contributed by atoms with Gasteiger partial charge < -0.3 is 14.7 Å². The third kappa shape index (κ3) is 2.20. The zero-order valence-corrected chi connectivity index (χ0v) is 11.8. The number of hydrogen-bond donors (Lipinski definition) is 1. The lowest BCUT2D eigenvalue weighted by Gasteiger charge is -2.28. The topological polar surface area (TPSA) is 32.7 Å². The molecule has 1 aliphatic rings. The van der Waals surface area contributed by atoms with Crippen molar-refractivity contribution < 1.29 is 9.84 Å². The molecule has 3 heteroatoms. The minimum atomic E-state index is 0.355. The maximum atomic E-state index is 9.58. The van der Waals surface area contributed by atoms with Crippen molar-refractivity contribution in [1.29, 1.82) is 0 Å². The lowest BCUT2D eigenvalue weighted by Crippen LogP contribution is -2.22. The van der Waals surface area contributed by atoms with Crippen LogP contribution in [0.5, 0.6) is 11.5 Å². The van der Waals surface area contributed by atoms with Crippen LogP contribution in [0.1, 0.15) is 23.6 Å². The van der Waals surface area contributed by atoms with Crippen molar-refractivity contribution >= 4 is 5.69 Å². The van der Waals surface area contributed by atoms with Crippen LogP contribution in [0.15, 0.2) is 42.5 Å². The summed E-state index contributed by atoms with van der Waals surface area (Å²) in [6.45, 7) is 0. The average molecular weight is 269 g/mol. The number of phenolic OH excluding ortho intramolecular Hbond substituents is 1. The summed E-state index contributed by atoms with van der Waals surface area (Å²) >= 11 is 0. The molecule has 1 aliphatic carbocycles. The number of aryl methyl sites for hydroxylation is 1. The van der Waals surface area contributed by atoms with Crippen LogP contribution in [0.25, 0.3) is 0 Å². The molecule has 0 radical (unpaired) electrons. The summed E-state index contributed by atoms with van der Waals surface area (Å²) in [6.07, 6.45) is 2.09. The molecule has 20 heavy (non-hydrogen) atoms. The van der Waals surface area contributed by atoms with Gasteiger partial charge in [0.2, 0.25) is 0 Å². The standard InChI is InChI=1S/C17H19NO2/c1-18(13-4-3-5-15(11-13)20-2)17-9-6-12-10-14(19)7-8-16(12)17/h3-5,7-8,10-11,17,19H,6,9H2,1-2H3. The molecular formula is C17H19NO2. The SMILES string of the molecule is COc1cccc(N(C)C2CCc3cc(O)ccc32)c1. The molecule has 0 saturated carbocycles. The van der Waals surface area contributed by atoms with Gasteiger partial charge in [0.05, 0.1) is 13.2 Å². The van der Waals surface area contributed by atoms with Crippen molar-refractivity contribution in [1.82, 2.24) is 0 Å². The summed E-state index contributed by atoms with van der Waals surface area (Å²) in [5.41, 5.74) is 3.72. The summed E-state index contributed by atoms with van der Waals surface area (Å²) in [4.78, 5) is 2.28. The fourth-order valence-electron chi connectivity index (χ4n) is 2.99. The van der Waals surface area contributed by atoms with Crippen LogP contribution in [0, 0.1) is 0 Å². The summed E-state index contributed by atoms with van der Waals surface area (Å²) in [5, 5.41) is 9.58. The molecule has 2 aromatic carbocycles. The van der Waals surface area contributed by atoms with Crippen LogP contribution >= 0.6 is 0 Å². The molecule has 1 unspecified atom stereocenters.